The van der Waals surface area contributed by atoms with Crippen molar-refractivity contribution in [2.24, 2.45) is 0 Å². The van der Waals surface area contributed by atoms with Crippen LogP contribution in [0, 0.1) is 5.82 Å². The Labute approximate surface area is 159 Å². The van der Waals surface area contributed by atoms with Crippen molar-refractivity contribution in [2.45, 2.75) is 19.5 Å². The van der Waals surface area contributed by atoms with Crippen LogP contribution in [0.4, 0.5) is 4.39 Å². The number of rotatable bonds is 3. The maximum Gasteiger partial charge on any atom is 0.254 e. The number of nitrogens with zero attached hydrogens (tertiary/aromatic N) is 3. The van der Waals surface area contributed by atoms with E-state index in [0.29, 0.717) is 48.7 Å². The molecule has 3 heterocycles. The lowest BCUT2D eigenvalue weighted by molar-refractivity contribution is 0.240. The Morgan fingerprint density at radius 2 is 2.22 bits per heavy atom. The number of phenols is 1. The van der Waals surface area contributed by atoms with Crippen LogP contribution in [0.25, 0.3) is 11.4 Å². The fourth-order valence-electron chi connectivity index (χ4n) is 3.24. The second-order valence-corrected chi connectivity index (χ2v) is 6.86. The molecular weight excluding hydrogens is 371 g/mol. The lowest BCUT2D eigenvalue weighted by Crippen LogP contribution is -2.35. The molecule has 138 valence electrons. The number of H-pyrrole nitrogens is 1. The fourth-order valence-corrected chi connectivity index (χ4v) is 3.47. The molecule has 27 heavy (non-hydrogen) atoms. The topological polar surface area (TPSA) is 82.1 Å². The first-order valence-electron chi connectivity index (χ1n) is 8.43. The van der Waals surface area contributed by atoms with Crippen LogP contribution in [0.15, 0.2) is 41.5 Å². The van der Waals surface area contributed by atoms with Gasteiger partial charge < -0.3 is 10.1 Å². The average Bonchev–Trinajstić information content (AvgIpc) is 2.66. The molecule has 0 fully saturated rings. The van der Waals surface area contributed by atoms with E-state index in [1.54, 1.807) is 24.5 Å². The molecule has 0 saturated heterocycles. The summed E-state index contributed by atoms with van der Waals surface area (Å²) in [6.07, 6.45) is 3.86. The molecule has 2 aromatic heterocycles. The van der Waals surface area contributed by atoms with Crippen molar-refractivity contribution < 1.29 is 9.50 Å². The predicted molar refractivity (Wildman–Crippen MR) is 99.0 cm³/mol. The predicted octanol–water partition coefficient (Wildman–Crippen LogP) is 2.89. The summed E-state index contributed by atoms with van der Waals surface area (Å²) in [5.74, 6) is -0.811. The zero-order valence-electron chi connectivity index (χ0n) is 14.2. The Hall–Kier alpha value is -2.77. The zero-order chi connectivity index (χ0) is 19.0. The Morgan fingerprint density at radius 3 is 2.96 bits per heavy atom. The molecular formula is C19H16ClFN4O2. The Balaban J connectivity index is 1.61. The van der Waals surface area contributed by atoms with E-state index in [1.807, 2.05) is 6.07 Å². The van der Waals surface area contributed by atoms with E-state index >= 15 is 0 Å². The first-order chi connectivity index (χ1) is 13.0. The third-order valence-corrected chi connectivity index (χ3v) is 4.86. The van der Waals surface area contributed by atoms with Crippen LogP contribution in [0.5, 0.6) is 5.75 Å². The van der Waals surface area contributed by atoms with Crippen molar-refractivity contribution in [1.82, 2.24) is 19.9 Å². The highest BCUT2D eigenvalue weighted by molar-refractivity contribution is 6.32. The van der Waals surface area contributed by atoms with Gasteiger partial charge in [0, 0.05) is 43.2 Å². The summed E-state index contributed by atoms with van der Waals surface area (Å²) in [7, 11) is 0. The van der Waals surface area contributed by atoms with Crippen LogP contribution >= 0.6 is 11.6 Å². The molecule has 2 N–H and O–H groups in total. The number of hydrogen-bond donors (Lipinski definition) is 2. The standard InChI is InChI=1S/C19H16ClFN4O2/c20-14-6-11(7-15(21)17(14)26)9-25-5-3-13-16(10-25)23-18(24-19(13)27)12-2-1-4-22-8-12/h1-2,4,6-8,26H,3,5,9-10H2,(H,23,24,27). The Kier molecular flexibility index (Phi) is 4.63. The molecule has 0 bridgehead atoms. The SMILES string of the molecule is O=c1[nH]c(-c2cccnc2)nc2c1CCN(Cc1cc(F)c(O)c(Cl)c1)C2. The highest BCUT2D eigenvalue weighted by Crippen LogP contribution is 2.29. The number of nitrogens with one attached hydrogen (secondary N) is 1. The van der Waals surface area contributed by atoms with E-state index in [1.165, 1.54) is 6.07 Å². The van der Waals surface area contributed by atoms with Crippen LogP contribution in [0.2, 0.25) is 5.02 Å². The summed E-state index contributed by atoms with van der Waals surface area (Å²) >= 11 is 5.86. The molecule has 1 aliphatic rings. The molecule has 6 nitrogen and oxygen atoms in total. The summed E-state index contributed by atoms with van der Waals surface area (Å²) in [5.41, 5.74) is 2.62. The van der Waals surface area contributed by atoms with E-state index in [0.717, 1.165) is 5.56 Å². The molecule has 0 saturated carbocycles. The van der Waals surface area contributed by atoms with Gasteiger partial charge in [-0.25, -0.2) is 9.37 Å². The first-order valence-corrected chi connectivity index (χ1v) is 8.81. The van der Waals surface area contributed by atoms with E-state index in [2.05, 4.69) is 19.9 Å². The maximum atomic E-state index is 13.7. The van der Waals surface area contributed by atoms with E-state index in [9.17, 15) is 14.3 Å². The van der Waals surface area contributed by atoms with Crippen LogP contribution < -0.4 is 5.56 Å². The molecule has 1 aliphatic heterocycles. The Morgan fingerprint density at radius 1 is 1.37 bits per heavy atom. The van der Waals surface area contributed by atoms with Crippen molar-refractivity contribution in [2.75, 3.05) is 6.54 Å². The molecule has 0 spiro atoms. The van der Waals surface area contributed by atoms with Gasteiger partial charge in [-0.1, -0.05) is 11.6 Å². The van der Waals surface area contributed by atoms with Crippen LogP contribution in [0.1, 0.15) is 16.8 Å². The molecule has 0 amide bonds. The van der Waals surface area contributed by atoms with Gasteiger partial charge in [-0.2, -0.15) is 0 Å². The minimum absolute atomic E-state index is 0.0177. The van der Waals surface area contributed by atoms with Crippen molar-refractivity contribution in [3.8, 4) is 17.1 Å². The van der Waals surface area contributed by atoms with E-state index in [-0.39, 0.29) is 10.6 Å². The van der Waals surface area contributed by atoms with Gasteiger partial charge in [0.25, 0.3) is 5.56 Å². The van der Waals surface area contributed by atoms with Crippen molar-refractivity contribution in [3.05, 3.63) is 74.7 Å². The van der Waals surface area contributed by atoms with Gasteiger partial charge in [-0.05, 0) is 36.2 Å². The number of aromatic amines is 1. The number of phenolic OH excluding ortho intramolecular Hbond substituents is 1. The van der Waals surface area contributed by atoms with Gasteiger partial charge in [-0.3, -0.25) is 14.7 Å². The van der Waals surface area contributed by atoms with Gasteiger partial charge in [0.15, 0.2) is 11.6 Å². The minimum Gasteiger partial charge on any atom is -0.504 e. The van der Waals surface area contributed by atoms with Gasteiger partial charge in [0.05, 0.1) is 10.7 Å². The molecule has 0 atom stereocenters. The highest BCUT2D eigenvalue weighted by atomic mass is 35.5. The number of aromatic hydroxyl groups is 1. The summed E-state index contributed by atoms with van der Waals surface area (Å²) in [5, 5.41) is 9.44. The number of pyridine rings is 1. The molecule has 1 aromatic carbocycles. The second-order valence-electron chi connectivity index (χ2n) is 6.45. The van der Waals surface area contributed by atoms with Crippen molar-refractivity contribution in [3.63, 3.8) is 0 Å². The van der Waals surface area contributed by atoms with Gasteiger partial charge >= 0.3 is 0 Å². The van der Waals surface area contributed by atoms with Crippen LogP contribution in [-0.4, -0.2) is 31.5 Å². The molecule has 3 aromatic rings. The quantitative estimate of drug-likeness (QED) is 0.723. The molecule has 4 rings (SSSR count). The summed E-state index contributed by atoms with van der Waals surface area (Å²) in [6.45, 7) is 1.55. The molecule has 0 unspecified atom stereocenters. The molecule has 0 radical (unpaired) electrons. The third-order valence-electron chi connectivity index (χ3n) is 4.57. The Bertz CT molecular complexity index is 1030. The number of aromatic nitrogens is 3. The summed E-state index contributed by atoms with van der Waals surface area (Å²) in [6, 6.07) is 6.43. The van der Waals surface area contributed by atoms with Gasteiger partial charge in [0.2, 0.25) is 0 Å². The number of fused-ring (bicyclic) bond motifs is 1. The van der Waals surface area contributed by atoms with E-state index < -0.39 is 11.6 Å². The number of hydrogen-bond acceptors (Lipinski definition) is 5. The molecule has 0 aliphatic carbocycles. The summed E-state index contributed by atoms with van der Waals surface area (Å²) < 4.78 is 13.7. The number of halogens is 2. The van der Waals surface area contributed by atoms with Gasteiger partial charge in [-0.15, -0.1) is 0 Å². The highest BCUT2D eigenvalue weighted by Gasteiger charge is 2.22. The smallest absolute Gasteiger partial charge is 0.254 e. The zero-order valence-corrected chi connectivity index (χ0v) is 15.0. The molecule has 8 heteroatoms. The minimum atomic E-state index is -0.747. The van der Waals surface area contributed by atoms with Crippen LogP contribution in [0.3, 0.4) is 0 Å². The van der Waals surface area contributed by atoms with Gasteiger partial charge in [0.1, 0.15) is 5.82 Å². The summed E-state index contributed by atoms with van der Waals surface area (Å²) in [4.78, 5) is 26.0. The number of benzene rings is 1. The normalized spacial score (nSPS) is 14.1. The third kappa shape index (κ3) is 3.56. The fraction of sp³-hybridized carbons (Fsp3) is 0.211. The lowest BCUT2D eigenvalue weighted by atomic mass is 10.0. The van der Waals surface area contributed by atoms with Crippen LogP contribution in [-0.2, 0) is 19.5 Å². The lowest BCUT2D eigenvalue weighted by Gasteiger charge is -2.27. The van der Waals surface area contributed by atoms with Crippen molar-refractivity contribution in [1.29, 1.82) is 0 Å². The largest absolute Gasteiger partial charge is 0.504 e. The monoisotopic (exact) mass is 386 g/mol. The van der Waals surface area contributed by atoms with E-state index in [4.69, 9.17) is 11.6 Å². The average molecular weight is 387 g/mol. The maximum absolute atomic E-state index is 13.7. The first kappa shape index (κ1) is 17.6. The van der Waals surface area contributed by atoms with Crippen molar-refractivity contribution >= 4 is 11.6 Å². The second kappa shape index (κ2) is 7.09.